The molecule has 1 saturated heterocycles. The number of hydrogen-bond donors (Lipinski definition) is 1. The van der Waals surface area contributed by atoms with E-state index in [-0.39, 0.29) is 23.8 Å². The Morgan fingerprint density at radius 2 is 1.62 bits per heavy atom. The van der Waals surface area contributed by atoms with Gasteiger partial charge in [0.1, 0.15) is 0 Å². The molecule has 2 amide bonds. The van der Waals surface area contributed by atoms with Crippen LogP contribution in [0.15, 0.2) is 54.6 Å². The van der Waals surface area contributed by atoms with E-state index in [4.69, 9.17) is 0 Å². The average molecular weight is 350 g/mol. The van der Waals surface area contributed by atoms with Crippen molar-refractivity contribution >= 4 is 11.8 Å². The van der Waals surface area contributed by atoms with E-state index in [1.165, 1.54) is 0 Å². The van der Waals surface area contributed by atoms with Crippen LogP contribution in [0.25, 0.3) is 0 Å². The highest BCUT2D eigenvalue weighted by Gasteiger charge is 2.28. The number of rotatable bonds is 4. The minimum Gasteiger partial charge on any atom is -0.349 e. The summed E-state index contributed by atoms with van der Waals surface area (Å²) in [5.74, 6) is 0.119. The van der Waals surface area contributed by atoms with E-state index in [2.05, 4.69) is 5.32 Å². The predicted octanol–water partition coefficient (Wildman–Crippen LogP) is 3.72. The maximum atomic E-state index is 12.6. The van der Waals surface area contributed by atoms with Crippen LogP contribution < -0.4 is 5.32 Å². The van der Waals surface area contributed by atoms with Crippen LogP contribution in [0, 0.1) is 12.8 Å². The summed E-state index contributed by atoms with van der Waals surface area (Å²) in [6.07, 6.45) is 1.43. The Hall–Kier alpha value is -2.62. The van der Waals surface area contributed by atoms with Crippen molar-refractivity contribution in [3.8, 4) is 0 Å². The Kier molecular flexibility index (Phi) is 5.71. The van der Waals surface area contributed by atoms with E-state index < -0.39 is 0 Å². The van der Waals surface area contributed by atoms with Crippen molar-refractivity contribution in [1.29, 1.82) is 0 Å². The highest BCUT2D eigenvalue weighted by molar-refractivity contribution is 5.94. The highest BCUT2D eigenvalue weighted by atomic mass is 16.2. The van der Waals surface area contributed by atoms with Crippen LogP contribution in [-0.4, -0.2) is 29.8 Å². The molecule has 0 bridgehead atoms. The number of carbonyl (C=O) groups is 2. The maximum absolute atomic E-state index is 12.6. The first-order valence-corrected chi connectivity index (χ1v) is 9.26. The Bertz CT molecular complexity index is 747. The van der Waals surface area contributed by atoms with Gasteiger partial charge in [-0.3, -0.25) is 9.59 Å². The molecule has 136 valence electrons. The van der Waals surface area contributed by atoms with Gasteiger partial charge in [-0.05, 0) is 44.4 Å². The molecule has 4 heteroatoms. The van der Waals surface area contributed by atoms with E-state index in [9.17, 15) is 9.59 Å². The van der Waals surface area contributed by atoms with Gasteiger partial charge in [-0.25, -0.2) is 0 Å². The fourth-order valence-electron chi connectivity index (χ4n) is 3.38. The van der Waals surface area contributed by atoms with E-state index in [0.29, 0.717) is 25.9 Å². The van der Waals surface area contributed by atoms with Crippen molar-refractivity contribution in [3.63, 3.8) is 0 Å². The van der Waals surface area contributed by atoms with Crippen molar-refractivity contribution in [3.05, 3.63) is 71.3 Å². The Morgan fingerprint density at radius 3 is 2.23 bits per heavy atom. The van der Waals surface area contributed by atoms with Gasteiger partial charge in [0.15, 0.2) is 0 Å². The minimum atomic E-state index is -0.0248. The third-order valence-corrected chi connectivity index (χ3v) is 5.11. The fraction of sp³-hybridized carbons (Fsp3) is 0.364. The smallest absolute Gasteiger partial charge is 0.253 e. The van der Waals surface area contributed by atoms with Crippen molar-refractivity contribution in [2.24, 2.45) is 5.92 Å². The standard InChI is InChI=1S/C22H26N2O2/c1-16-8-10-20(11-9-16)22(26)24-14-12-19(13-15-24)21(25)23-17(2)18-6-4-3-5-7-18/h3-11,17,19H,12-15H2,1-2H3,(H,23,25)/t17-/m0/s1. The van der Waals surface area contributed by atoms with E-state index in [0.717, 1.165) is 16.7 Å². The first-order chi connectivity index (χ1) is 12.5. The average Bonchev–Trinajstić information content (AvgIpc) is 2.69. The molecular weight excluding hydrogens is 324 g/mol. The zero-order chi connectivity index (χ0) is 18.5. The second kappa shape index (κ2) is 8.17. The quantitative estimate of drug-likeness (QED) is 0.913. The van der Waals surface area contributed by atoms with Gasteiger partial charge in [-0.15, -0.1) is 0 Å². The summed E-state index contributed by atoms with van der Waals surface area (Å²) >= 11 is 0. The van der Waals surface area contributed by atoms with Gasteiger partial charge in [0.2, 0.25) is 5.91 Å². The molecule has 1 fully saturated rings. The van der Waals surface area contributed by atoms with Gasteiger partial charge >= 0.3 is 0 Å². The van der Waals surface area contributed by atoms with Crippen LogP contribution in [0.4, 0.5) is 0 Å². The van der Waals surface area contributed by atoms with Crippen molar-refractivity contribution in [2.75, 3.05) is 13.1 Å². The van der Waals surface area contributed by atoms with Gasteiger partial charge in [0.05, 0.1) is 6.04 Å². The lowest BCUT2D eigenvalue weighted by molar-refractivity contribution is -0.126. The van der Waals surface area contributed by atoms with Crippen LogP contribution in [0.1, 0.15) is 47.3 Å². The van der Waals surface area contributed by atoms with Gasteiger partial charge in [0, 0.05) is 24.6 Å². The molecule has 0 aliphatic carbocycles. The molecule has 1 heterocycles. The number of hydrogen-bond acceptors (Lipinski definition) is 2. The first kappa shape index (κ1) is 18.2. The molecule has 2 aromatic rings. The molecule has 3 rings (SSSR count). The van der Waals surface area contributed by atoms with Gasteiger partial charge in [-0.2, -0.15) is 0 Å². The number of nitrogens with zero attached hydrogens (tertiary/aromatic N) is 1. The molecule has 0 spiro atoms. The number of carbonyl (C=O) groups excluding carboxylic acids is 2. The van der Waals surface area contributed by atoms with E-state index in [1.54, 1.807) is 0 Å². The molecule has 2 aromatic carbocycles. The zero-order valence-electron chi connectivity index (χ0n) is 15.4. The normalized spacial score (nSPS) is 16.2. The molecule has 0 aromatic heterocycles. The topological polar surface area (TPSA) is 49.4 Å². The van der Waals surface area contributed by atoms with Crippen LogP contribution in [-0.2, 0) is 4.79 Å². The van der Waals surface area contributed by atoms with Crippen molar-refractivity contribution in [1.82, 2.24) is 10.2 Å². The SMILES string of the molecule is Cc1ccc(C(=O)N2CCC(C(=O)N[C@@H](C)c3ccccc3)CC2)cc1. The predicted molar refractivity (Wildman–Crippen MR) is 103 cm³/mol. The molecule has 0 radical (unpaired) electrons. The largest absolute Gasteiger partial charge is 0.349 e. The summed E-state index contributed by atoms with van der Waals surface area (Å²) in [7, 11) is 0. The van der Waals surface area contributed by atoms with Crippen molar-refractivity contribution in [2.45, 2.75) is 32.7 Å². The lowest BCUT2D eigenvalue weighted by Gasteiger charge is -2.32. The fourth-order valence-corrected chi connectivity index (χ4v) is 3.38. The zero-order valence-corrected chi connectivity index (χ0v) is 15.4. The van der Waals surface area contributed by atoms with Crippen LogP contribution in [0.3, 0.4) is 0 Å². The van der Waals surface area contributed by atoms with Crippen molar-refractivity contribution < 1.29 is 9.59 Å². The molecule has 1 aliphatic heterocycles. The number of benzene rings is 2. The molecular formula is C22H26N2O2. The summed E-state index contributed by atoms with van der Waals surface area (Å²) in [6.45, 7) is 5.27. The third kappa shape index (κ3) is 4.31. The third-order valence-electron chi connectivity index (χ3n) is 5.11. The second-order valence-electron chi connectivity index (χ2n) is 7.07. The number of amides is 2. The highest BCUT2D eigenvalue weighted by Crippen LogP contribution is 2.21. The van der Waals surface area contributed by atoms with Crippen LogP contribution in [0.2, 0.25) is 0 Å². The number of nitrogens with one attached hydrogen (secondary N) is 1. The summed E-state index contributed by atoms with van der Waals surface area (Å²) < 4.78 is 0. The monoisotopic (exact) mass is 350 g/mol. The lowest BCUT2D eigenvalue weighted by Crippen LogP contribution is -2.43. The lowest BCUT2D eigenvalue weighted by atomic mass is 9.94. The Morgan fingerprint density at radius 1 is 1.00 bits per heavy atom. The molecule has 0 unspecified atom stereocenters. The molecule has 4 nitrogen and oxygen atoms in total. The van der Waals surface area contributed by atoms with Crippen LogP contribution in [0.5, 0.6) is 0 Å². The summed E-state index contributed by atoms with van der Waals surface area (Å²) in [5.41, 5.74) is 2.97. The summed E-state index contributed by atoms with van der Waals surface area (Å²) in [6, 6.07) is 17.6. The molecule has 1 aliphatic rings. The Labute approximate surface area is 155 Å². The minimum absolute atomic E-state index is 0.00378. The molecule has 1 atom stereocenters. The molecule has 1 N–H and O–H groups in total. The summed E-state index contributed by atoms with van der Waals surface area (Å²) in [5, 5.41) is 3.11. The first-order valence-electron chi connectivity index (χ1n) is 9.26. The second-order valence-corrected chi connectivity index (χ2v) is 7.07. The summed E-state index contributed by atoms with van der Waals surface area (Å²) in [4.78, 5) is 27.0. The molecule has 26 heavy (non-hydrogen) atoms. The van der Waals surface area contributed by atoms with Gasteiger partial charge in [-0.1, -0.05) is 48.0 Å². The number of aryl methyl sites for hydroxylation is 1. The van der Waals surface area contributed by atoms with E-state index in [1.807, 2.05) is 73.3 Å². The maximum Gasteiger partial charge on any atom is 0.253 e. The Balaban J connectivity index is 1.52. The molecule has 0 saturated carbocycles. The number of likely N-dealkylation sites (tertiary alicyclic amines) is 1. The number of piperidine rings is 1. The van der Waals surface area contributed by atoms with E-state index >= 15 is 0 Å². The van der Waals surface area contributed by atoms with Gasteiger partial charge < -0.3 is 10.2 Å². The van der Waals surface area contributed by atoms with Crippen LogP contribution >= 0.6 is 0 Å². The van der Waals surface area contributed by atoms with Gasteiger partial charge in [0.25, 0.3) is 5.91 Å².